The van der Waals surface area contributed by atoms with Crippen LogP contribution in [0.25, 0.3) is 0 Å². The van der Waals surface area contributed by atoms with Crippen LogP contribution in [0.4, 0.5) is 5.69 Å². The van der Waals surface area contributed by atoms with Crippen LogP contribution in [0.15, 0.2) is 23.6 Å². The molecule has 2 rings (SSSR count). The van der Waals surface area contributed by atoms with Gasteiger partial charge < -0.3 is 10.2 Å². The summed E-state index contributed by atoms with van der Waals surface area (Å²) in [7, 11) is 1.74. The van der Waals surface area contributed by atoms with Gasteiger partial charge in [0.05, 0.1) is 17.2 Å². The highest BCUT2D eigenvalue weighted by atomic mass is 32.1. The Balaban J connectivity index is 2.16. The van der Waals surface area contributed by atoms with Crippen molar-refractivity contribution >= 4 is 28.8 Å². The summed E-state index contributed by atoms with van der Waals surface area (Å²) < 4.78 is 0. The molecule has 22 heavy (non-hydrogen) atoms. The Bertz CT molecular complexity index is 709. The fourth-order valence-electron chi connectivity index (χ4n) is 2.10. The van der Waals surface area contributed by atoms with Crippen molar-refractivity contribution in [2.45, 2.75) is 27.3 Å². The van der Waals surface area contributed by atoms with Gasteiger partial charge in [0.2, 0.25) is 5.91 Å². The van der Waals surface area contributed by atoms with Gasteiger partial charge in [0, 0.05) is 30.6 Å². The van der Waals surface area contributed by atoms with E-state index in [0.717, 1.165) is 16.3 Å². The average molecular weight is 317 g/mol. The number of hydrogen-bond acceptors (Lipinski definition) is 4. The number of nitrogens with one attached hydrogen (secondary N) is 1. The first-order valence-corrected chi connectivity index (χ1v) is 7.79. The minimum Gasteiger partial charge on any atom is -0.336 e. The predicted octanol–water partition coefficient (Wildman–Crippen LogP) is 2.99. The first-order chi connectivity index (χ1) is 10.4. The van der Waals surface area contributed by atoms with Crippen LogP contribution in [0, 0.1) is 13.8 Å². The molecule has 1 heterocycles. The Morgan fingerprint density at radius 1 is 1.32 bits per heavy atom. The third-order valence-corrected chi connectivity index (χ3v) is 4.03. The molecule has 0 spiro atoms. The van der Waals surface area contributed by atoms with E-state index >= 15 is 0 Å². The van der Waals surface area contributed by atoms with Crippen LogP contribution in [0.2, 0.25) is 0 Å². The second-order valence-electron chi connectivity index (χ2n) is 5.23. The lowest BCUT2D eigenvalue weighted by Crippen LogP contribution is -2.26. The van der Waals surface area contributed by atoms with Crippen molar-refractivity contribution < 1.29 is 9.59 Å². The summed E-state index contributed by atoms with van der Waals surface area (Å²) in [6.07, 6.45) is 0. The highest BCUT2D eigenvalue weighted by Gasteiger charge is 2.15. The quantitative estimate of drug-likeness (QED) is 0.943. The first-order valence-electron chi connectivity index (χ1n) is 6.91. The van der Waals surface area contributed by atoms with Crippen molar-refractivity contribution in [2.24, 2.45) is 0 Å². The molecule has 1 aromatic carbocycles. The van der Waals surface area contributed by atoms with Crippen molar-refractivity contribution in [2.75, 3.05) is 12.4 Å². The molecule has 0 saturated heterocycles. The third kappa shape index (κ3) is 3.92. The number of anilines is 1. The number of nitrogens with zero attached hydrogens (tertiary/aromatic N) is 2. The number of thiazole rings is 1. The average Bonchev–Trinajstić information content (AvgIpc) is 2.85. The van der Waals surface area contributed by atoms with E-state index in [0.29, 0.717) is 17.8 Å². The van der Waals surface area contributed by atoms with Crippen molar-refractivity contribution in [3.8, 4) is 0 Å². The van der Waals surface area contributed by atoms with E-state index < -0.39 is 0 Å². The molecule has 0 aliphatic carbocycles. The summed E-state index contributed by atoms with van der Waals surface area (Å²) in [4.78, 5) is 29.7. The van der Waals surface area contributed by atoms with Crippen molar-refractivity contribution in [1.29, 1.82) is 0 Å². The lowest BCUT2D eigenvalue weighted by atomic mass is 10.1. The summed E-state index contributed by atoms with van der Waals surface area (Å²) >= 11 is 1.57. The molecule has 116 valence electrons. The van der Waals surface area contributed by atoms with E-state index in [2.05, 4.69) is 10.3 Å². The van der Waals surface area contributed by atoms with E-state index in [-0.39, 0.29) is 11.8 Å². The van der Waals surface area contributed by atoms with E-state index in [4.69, 9.17) is 0 Å². The molecule has 0 atom stereocenters. The van der Waals surface area contributed by atoms with Gasteiger partial charge in [-0.05, 0) is 31.5 Å². The first kappa shape index (κ1) is 16.2. The zero-order chi connectivity index (χ0) is 16.3. The number of rotatable bonds is 4. The van der Waals surface area contributed by atoms with E-state index in [9.17, 15) is 9.59 Å². The molecule has 6 heteroatoms. The van der Waals surface area contributed by atoms with Crippen LogP contribution >= 0.6 is 11.3 Å². The normalized spacial score (nSPS) is 10.4. The Labute approximate surface area is 134 Å². The molecular weight excluding hydrogens is 298 g/mol. The summed E-state index contributed by atoms with van der Waals surface area (Å²) in [6.45, 7) is 5.74. The fourth-order valence-corrected chi connectivity index (χ4v) is 2.70. The smallest absolute Gasteiger partial charge is 0.254 e. The zero-order valence-electron chi connectivity index (χ0n) is 13.1. The lowest BCUT2D eigenvalue weighted by Gasteiger charge is -2.17. The van der Waals surface area contributed by atoms with Gasteiger partial charge >= 0.3 is 0 Å². The van der Waals surface area contributed by atoms with Gasteiger partial charge in [0.15, 0.2) is 0 Å². The maximum atomic E-state index is 12.5. The van der Waals surface area contributed by atoms with Gasteiger partial charge in [0.1, 0.15) is 0 Å². The van der Waals surface area contributed by atoms with Crippen LogP contribution in [0.1, 0.15) is 33.5 Å². The van der Waals surface area contributed by atoms with Gasteiger partial charge in [-0.1, -0.05) is 6.07 Å². The number of carbonyl (C=O) groups excluding carboxylic acids is 2. The molecule has 0 aliphatic rings. The van der Waals surface area contributed by atoms with Crippen LogP contribution in [0.5, 0.6) is 0 Å². The Morgan fingerprint density at radius 2 is 2.05 bits per heavy atom. The monoisotopic (exact) mass is 317 g/mol. The van der Waals surface area contributed by atoms with Gasteiger partial charge in [0.25, 0.3) is 5.91 Å². The summed E-state index contributed by atoms with van der Waals surface area (Å²) in [5.74, 6) is -0.253. The molecule has 0 unspecified atom stereocenters. The maximum absolute atomic E-state index is 12.5. The molecule has 0 bridgehead atoms. The predicted molar refractivity (Wildman–Crippen MR) is 88.1 cm³/mol. The molecule has 0 fully saturated rings. The number of aryl methyl sites for hydroxylation is 2. The van der Waals surface area contributed by atoms with Crippen molar-refractivity contribution in [3.63, 3.8) is 0 Å². The van der Waals surface area contributed by atoms with E-state index in [1.807, 2.05) is 25.3 Å². The number of aromatic nitrogens is 1. The largest absolute Gasteiger partial charge is 0.336 e. The summed E-state index contributed by atoms with van der Waals surface area (Å²) in [5, 5.41) is 5.68. The Morgan fingerprint density at radius 3 is 2.64 bits per heavy atom. The van der Waals surface area contributed by atoms with Gasteiger partial charge in [-0.2, -0.15) is 0 Å². The second-order valence-corrected chi connectivity index (χ2v) is 6.29. The van der Waals surface area contributed by atoms with Crippen LogP contribution < -0.4 is 5.32 Å². The third-order valence-electron chi connectivity index (χ3n) is 3.21. The fraction of sp³-hybridized carbons (Fsp3) is 0.312. The molecule has 5 nitrogen and oxygen atoms in total. The summed E-state index contributed by atoms with van der Waals surface area (Å²) in [6, 6.07) is 5.31. The molecule has 2 aromatic rings. The van der Waals surface area contributed by atoms with Crippen LogP contribution in [-0.2, 0) is 11.3 Å². The maximum Gasteiger partial charge on any atom is 0.254 e. The number of carbonyl (C=O) groups is 2. The number of amides is 2. The molecule has 0 radical (unpaired) electrons. The van der Waals surface area contributed by atoms with Crippen molar-refractivity contribution in [3.05, 3.63) is 45.4 Å². The topological polar surface area (TPSA) is 62.3 Å². The highest BCUT2D eigenvalue weighted by molar-refractivity contribution is 7.09. The number of hydrogen-bond donors (Lipinski definition) is 1. The second kappa shape index (κ2) is 6.70. The van der Waals surface area contributed by atoms with Gasteiger partial charge in [-0.15, -0.1) is 11.3 Å². The van der Waals surface area contributed by atoms with Gasteiger partial charge in [-0.3, -0.25) is 9.59 Å². The Hall–Kier alpha value is -2.21. The Kier molecular flexibility index (Phi) is 4.92. The molecular formula is C16H19N3O2S. The van der Waals surface area contributed by atoms with E-state index in [1.54, 1.807) is 35.4 Å². The SMILES string of the molecule is CC(=O)Nc1cc(C(=O)N(C)Cc2csc(C)n2)ccc1C. The molecule has 0 aliphatic heterocycles. The van der Waals surface area contributed by atoms with Crippen molar-refractivity contribution in [1.82, 2.24) is 9.88 Å². The number of benzene rings is 1. The standard InChI is InChI=1S/C16H19N3O2S/c1-10-5-6-13(7-15(10)17-11(2)20)16(21)19(4)8-14-9-22-12(3)18-14/h5-7,9H,8H2,1-4H3,(H,17,20). The highest BCUT2D eigenvalue weighted by Crippen LogP contribution is 2.19. The zero-order valence-corrected chi connectivity index (χ0v) is 14.0. The van der Waals surface area contributed by atoms with Crippen LogP contribution in [0.3, 0.4) is 0 Å². The minimum absolute atomic E-state index is 0.0998. The molecule has 0 saturated carbocycles. The van der Waals surface area contributed by atoms with Gasteiger partial charge in [-0.25, -0.2) is 4.98 Å². The molecule has 1 aromatic heterocycles. The molecule has 2 amide bonds. The van der Waals surface area contributed by atoms with Crippen LogP contribution in [-0.4, -0.2) is 28.7 Å². The summed E-state index contributed by atoms with van der Waals surface area (Å²) in [5.41, 5.74) is 3.01. The van der Waals surface area contributed by atoms with E-state index in [1.165, 1.54) is 6.92 Å². The lowest BCUT2D eigenvalue weighted by molar-refractivity contribution is -0.114. The molecule has 1 N–H and O–H groups in total. The minimum atomic E-state index is -0.154.